The zero-order valence-corrected chi connectivity index (χ0v) is 13.1. The third-order valence-electron chi connectivity index (χ3n) is 3.96. The number of carbonyl (C=O) groups excluding carboxylic acids is 1. The Morgan fingerprint density at radius 3 is 2.39 bits per heavy atom. The lowest BCUT2D eigenvalue weighted by atomic mass is 10.0. The molecule has 120 valence electrons. The lowest BCUT2D eigenvalue weighted by Gasteiger charge is -2.12. The van der Waals surface area contributed by atoms with Crippen molar-refractivity contribution in [2.45, 2.75) is 25.2 Å². The minimum atomic E-state index is -0.325. The van der Waals surface area contributed by atoms with Crippen molar-refractivity contribution in [3.8, 4) is 11.1 Å². The quantitative estimate of drug-likeness (QED) is 0.790. The van der Waals surface area contributed by atoms with Gasteiger partial charge in [-0.3, -0.25) is 0 Å². The molecule has 0 aliphatic carbocycles. The standard InChI is InChI=1S/C19H20O4/c1-21-18-12-11-17(23-18)13-22-19(20)16-9-7-15(8-10-16)14-5-3-2-4-6-14/h2-10,17-18H,11-13H2,1H3/t17-,18+/m0/s1. The lowest BCUT2D eigenvalue weighted by Crippen LogP contribution is -2.20. The zero-order chi connectivity index (χ0) is 16.1. The van der Waals surface area contributed by atoms with Crippen LogP contribution in [0, 0.1) is 0 Å². The second-order valence-corrected chi connectivity index (χ2v) is 5.54. The molecule has 4 heteroatoms. The fraction of sp³-hybridized carbons (Fsp3) is 0.316. The van der Waals surface area contributed by atoms with Gasteiger partial charge in [-0.2, -0.15) is 0 Å². The van der Waals surface area contributed by atoms with Crippen molar-refractivity contribution < 1.29 is 19.0 Å². The number of benzene rings is 2. The van der Waals surface area contributed by atoms with E-state index >= 15 is 0 Å². The molecule has 0 radical (unpaired) electrons. The fourth-order valence-corrected chi connectivity index (χ4v) is 2.65. The molecule has 0 spiro atoms. The summed E-state index contributed by atoms with van der Waals surface area (Å²) in [5.74, 6) is -0.325. The van der Waals surface area contributed by atoms with Crippen molar-refractivity contribution >= 4 is 5.97 Å². The molecule has 0 bridgehead atoms. The van der Waals surface area contributed by atoms with Crippen molar-refractivity contribution in [1.29, 1.82) is 0 Å². The first-order chi connectivity index (χ1) is 11.3. The molecule has 0 N–H and O–H groups in total. The Morgan fingerprint density at radius 2 is 1.74 bits per heavy atom. The molecule has 0 saturated carbocycles. The molecule has 4 nitrogen and oxygen atoms in total. The van der Waals surface area contributed by atoms with Crippen molar-refractivity contribution in [1.82, 2.24) is 0 Å². The largest absolute Gasteiger partial charge is 0.459 e. The van der Waals surface area contributed by atoms with Crippen LogP contribution in [0.5, 0.6) is 0 Å². The van der Waals surface area contributed by atoms with Crippen LogP contribution in [0.2, 0.25) is 0 Å². The molecule has 2 aromatic carbocycles. The van der Waals surface area contributed by atoms with E-state index in [1.165, 1.54) is 0 Å². The van der Waals surface area contributed by atoms with Crippen LogP contribution in [0.15, 0.2) is 54.6 Å². The molecule has 0 unspecified atom stereocenters. The average Bonchev–Trinajstić information content (AvgIpc) is 3.09. The van der Waals surface area contributed by atoms with Crippen LogP contribution in [0.1, 0.15) is 23.2 Å². The molecule has 3 rings (SSSR count). The van der Waals surface area contributed by atoms with Crippen LogP contribution in [-0.2, 0) is 14.2 Å². The number of hydrogen-bond donors (Lipinski definition) is 0. The van der Waals surface area contributed by atoms with E-state index < -0.39 is 0 Å². The minimum Gasteiger partial charge on any atom is -0.459 e. The second-order valence-electron chi connectivity index (χ2n) is 5.54. The Kier molecular flexibility index (Phi) is 5.05. The first-order valence-corrected chi connectivity index (χ1v) is 7.77. The topological polar surface area (TPSA) is 44.8 Å². The molecule has 1 aliphatic heterocycles. The Bertz CT molecular complexity index is 636. The van der Waals surface area contributed by atoms with Gasteiger partial charge in [-0.05, 0) is 29.7 Å². The third-order valence-corrected chi connectivity index (χ3v) is 3.96. The van der Waals surface area contributed by atoms with Gasteiger partial charge in [-0.25, -0.2) is 4.79 Å². The average molecular weight is 312 g/mol. The number of esters is 1. The monoisotopic (exact) mass is 312 g/mol. The summed E-state index contributed by atoms with van der Waals surface area (Å²) in [5.41, 5.74) is 2.74. The first-order valence-electron chi connectivity index (χ1n) is 7.77. The molecule has 1 heterocycles. The summed E-state index contributed by atoms with van der Waals surface area (Å²) in [6, 6.07) is 17.5. The van der Waals surface area contributed by atoms with Crippen LogP contribution in [0.25, 0.3) is 11.1 Å². The van der Waals surface area contributed by atoms with E-state index in [0.717, 1.165) is 24.0 Å². The van der Waals surface area contributed by atoms with Gasteiger partial charge >= 0.3 is 5.97 Å². The van der Waals surface area contributed by atoms with E-state index in [2.05, 4.69) is 0 Å². The van der Waals surface area contributed by atoms with Gasteiger partial charge in [0, 0.05) is 13.5 Å². The van der Waals surface area contributed by atoms with Crippen LogP contribution >= 0.6 is 0 Å². The highest BCUT2D eigenvalue weighted by Gasteiger charge is 2.26. The molecule has 1 aliphatic rings. The maximum atomic E-state index is 12.1. The fourth-order valence-electron chi connectivity index (χ4n) is 2.65. The summed E-state index contributed by atoms with van der Waals surface area (Å²) in [6.45, 7) is 0.263. The summed E-state index contributed by atoms with van der Waals surface area (Å²) in [7, 11) is 1.62. The summed E-state index contributed by atoms with van der Waals surface area (Å²) in [4.78, 5) is 12.1. The Labute approximate surface area is 136 Å². The van der Waals surface area contributed by atoms with E-state index in [1.54, 1.807) is 19.2 Å². The number of ether oxygens (including phenoxy) is 3. The van der Waals surface area contributed by atoms with Gasteiger partial charge < -0.3 is 14.2 Å². The molecule has 23 heavy (non-hydrogen) atoms. The molecular weight excluding hydrogens is 292 g/mol. The molecule has 2 aromatic rings. The van der Waals surface area contributed by atoms with Crippen LogP contribution in [-0.4, -0.2) is 32.1 Å². The van der Waals surface area contributed by atoms with Crippen molar-refractivity contribution in [2.24, 2.45) is 0 Å². The highest BCUT2D eigenvalue weighted by molar-refractivity contribution is 5.90. The summed E-state index contributed by atoms with van der Waals surface area (Å²) < 4.78 is 16.0. The number of rotatable bonds is 5. The van der Waals surface area contributed by atoms with Gasteiger partial charge in [0.15, 0.2) is 6.29 Å². The zero-order valence-electron chi connectivity index (χ0n) is 13.1. The van der Waals surface area contributed by atoms with Crippen molar-refractivity contribution in [2.75, 3.05) is 13.7 Å². The van der Waals surface area contributed by atoms with Gasteiger partial charge in [0.1, 0.15) is 6.61 Å². The SMILES string of the molecule is CO[C@H]1CC[C@@H](COC(=O)c2ccc(-c3ccccc3)cc2)O1. The number of hydrogen-bond acceptors (Lipinski definition) is 4. The predicted molar refractivity (Wildman–Crippen MR) is 87.1 cm³/mol. The van der Waals surface area contributed by atoms with E-state index in [1.807, 2.05) is 42.5 Å². The molecule has 0 aromatic heterocycles. The van der Waals surface area contributed by atoms with Gasteiger partial charge in [-0.15, -0.1) is 0 Å². The molecule has 1 fully saturated rings. The molecule has 2 atom stereocenters. The lowest BCUT2D eigenvalue weighted by molar-refractivity contribution is -0.123. The van der Waals surface area contributed by atoms with Crippen molar-refractivity contribution in [3.05, 3.63) is 60.2 Å². The maximum Gasteiger partial charge on any atom is 0.338 e. The van der Waals surface area contributed by atoms with E-state index in [-0.39, 0.29) is 25.0 Å². The normalized spacial score (nSPS) is 20.4. The van der Waals surface area contributed by atoms with Gasteiger partial charge in [-0.1, -0.05) is 42.5 Å². The summed E-state index contributed by atoms with van der Waals surface area (Å²) in [5, 5.41) is 0. The first kappa shape index (κ1) is 15.7. The maximum absolute atomic E-state index is 12.1. The Balaban J connectivity index is 1.56. The van der Waals surface area contributed by atoms with Gasteiger partial charge in [0.2, 0.25) is 0 Å². The second kappa shape index (κ2) is 7.40. The highest BCUT2D eigenvalue weighted by Crippen LogP contribution is 2.21. The highest BCUT2D eigenvalue weighted by atomic mass is 16.7. The summed E-state index contributed by atoms with van der Waals surface area (Å²) >= 11 is 0. The Morgan fingerprint density at radius 1 is 1.04 bits per heavy atom. The van der Waals surface area contributed by atoms with Crippen LogP contribution in [0.4, 0.5) is 0 Å². The number of methoxy groups -OCH3 is 1. The van der Waals surface area contributed by atoms with Gasteiger partial charge in [0.25, 0.3) is 0 Å². The molecule has 0 amide bonds. The summed E-state index contributed by atoms with van der Waals surface area (Å²) in [6.07, 6.45) is 1.43. The minimum absolute atomic E-state index is 0.0764. The van der Waals surface area contributed by atoms with Gasteiger partial charge in [0.05, 0.1) is 11.7 Å². The Hall–Kier alpha value is -2.17. The van der Waals surface area contributed by atoms with E-state index in [9.17, 15) is 4.79 Å². The van der Waals surface area contributed by atoms with Crippen molar-refractivity contribution in [3.63, 3.8) is 0 Å². The number of carbonyl (C=O) groups is 1. The van der Waals surface area contributed by atoms with Crippen LogP contribution in [0.3, 0.4) is 0 Å². The van der Waals surface area contributed by atoms with E-state index in [4.69, 9.17) is 14.2 Å². The third kappa shape index (κ3) is 3.97. The molecule has 1 saturated heterocycles. The molecular formula is C19H20O4. The smallest absolute Gasteiger partial charge is 0.338 e. The van der Waals surface area contributed by atoms with Crippen LogP contribution < -0.4 is 0 Å². The van der Waals surface area contributed by atoms with E-state index in [0.29, 0.717) is 5.56 Å². The predicted octanol–water partition coefficient (Wildman–Crippen LogP) is 3.66.